The van der Waals surface area contributed by atoms with Crippen LogP contribution in [-0.4, -0.2) is 34.9 Å². The first kappa shape index (κ1) is 18.3. The van der Waals surface area contributed by atoms with Crippen LogP contribution in [0.3, 0.4) is 0 Å². The number of rotatable bonds is 7. The van der Waals surface area contributed by atoms with Crippen molar-refractivity contribution in [2.24, 2.45) is 5.14 Å². The molecule has 0 radical (unpaired) electrons. The molecule has 0 aliphatic rings. The molecule has 9 nitrogen and oxygen atoms in total. The van der Waals surface area contributed by atoms with Gasteiger partial charge in [0, 0.05) is 36.7 Å². The molecule has 0 fully saturated rings. The van der Waals surface area contributed by atoms with E-state index in [9.17, 15) is 8.42 Å². The Morgan fingerprint density at radius 1 is 1.19 bits per heavy atom. The molecule has 0 aliphatic heterocycles. The van der Waals surface area contributed by atoms with Crippen molar-refractivity contribution in [1.29, 1.82) is 0 Å². The van der Waals surface area contributed by atoms with Crippen LogP contribution >= 0.6 is 15.9 Å². The lowest BCUT2D eigenvalue weighted by Crippen LogP contribution is -2.12. The maximum absolute atomic E-state index is 11.3. The van der Waals surface area contributed by atoms with Gasteiger partial charge in [-0.05, 0) is 40.2 Å². The molecule has 2 aromatic heterocycles. The molecule has 5 N–H and O–H groups in total. The number of nitrogens with one attached hydrogen (secondary N) is 3. The van der Waals surface area contributed by atoms with Gasteiger partial charge >= 0.3 is 0 Å². The highest BCUT2D eigenvalue weighted by atomic mass is 79.9. The van der Waals surface area contributed by atoms with Gasteiger partial charge in [0.15, 0.2) is 0 Å². The zero-order chi connectivity index (χ0) is 18.6. The van der Waals surface area contributed by atoms with Gasteiger partial charge in [-0.25, -0.2) is 23.5 Å². The average molecular weight is 438 g/mol. The minimum atomic E-state index is -3.72. The lowest BCUT2D eigenvalue weighted by atomic mass is 10.3. The second-order valence-corrected chi connectivity index (χ2v) is 7.75. The van der Waals surface area contributed by atoms with Crippen LogP contribution in [0.4, 0.5) is 17.5 Å². The normalized spacial score (nSPS) is 11.3. The number of hydrogen-bond acceptors (Lipinski definition) is 7. The minimum Gasteiger partial charge on any atom is -0.369 e. The molecule has 26 heavy (non-hydrogen) atoms. The first-order valence-corrected chi connectivity index (χ1v) is 9.89. The van der Waals surface area contributed by atoms with E-state index in [0.29, 0.717) is 24.0 Å². The number of aromatic nitrogens is 4. The Kier molecular flexibility index (Phi) is 5.49. The topological polar surface area (TPSA) is 139 Å². The van der Waals surface area contributed by atoms with Gasteiger partial charge in [-0.2, -0.15) is 4.98 Å². The number of aromatic amines is 1. The molecule has 136 valence electrons. The highest BCUT2D eigenvalue weighted by Gasteiger charge is 2.08. The summed E-state index contributed by atoms with van der Waals surface area (Å²) in [6, 6.07) is 6.02. The van der Waals surface area contributed by atoms with E-state index in [1.54, 1.807) is 30.9 Å². The van der Waals surface area contributed by atoms with Crippen molar-refractivity contribution in [2.75, 3.05) is 17.2 Å². The van der Waals surface area contributed by atoms with E-state index in [2.05, 4.69) is 46.5 Å². The molecule has 0 bridgehead atoms. The third kappa shape index (κ3) is 4.77. The van der Waals surface area contributed by atoms with Crippen LogP contribution in [0, 0.1) is 0 Å². The molecular formula is C15H16BrN7O2S. The van der Waals surface area contributed by atoms with Crippen molar-refractivity contribution in [2.45, 2.75) is 11.3 Å². The summed E-state index contributed by atoms with van der Waals surface area (Å²) in [5.74, 6) is 1.02. The predicted molar refractivity (Wildman–Crippen MR) is 102 cm³/mol. The quantitative estimate of drug-likeness (QED) is 0.443. The highest BCUT2D eigenvalue weighted by Crippen LogP contribution is 2.22. The van der Waals surface area contributed by atoms with Crippen molar-refractivity contribution in [3.63, 3.8) is 0 Å². The third-order valence-corrected chi connectivity index (χ3v) is 4.93. The summed E-state index contributed by atoms with van der Waals surface area (Å²) in [5, 5.41) is 11.3. The van der Waals surface area contributed by atoms with Gasteiger partial charge in [-0.1, -0.05) is 0 Å². The van der Waals surface area contributed by atoms with Crippen LogP contribution in [-0.2, 0) is 16.4 Å². The predicted octanol–water partition coefficient (Wildman–Crippen LogP) is 2.01. The number of benzene rings is 1. The zero-order valence-corrected chi connectivity index (χ0v) is 15.9. The number of halogens is 1. The lowest BCUT2D eigenvalue weighted by Gasteiger charge is -2.10. The zero-order valence-electron chi connectivity index (χ0n) is 13.5. The fraction of sp³-hybridized carbons (Fsp3) is 0.133. The van der Waals surface area contributed by atoms with Gasteiger partial charge in [-0.15, -0.1) is 0 Å². The van der Waals surface area contributed by atoms with E-state index in [-0.39, 0.29) is 4.90 Å². The van der Waals surface area contributed by atoms with Crippen LogP contribution in [0.1, 0.15) is 5.69 Å². The number of hydrogen-bond donors (Lipinski definition) is 4. The monoisotopic (exact) mass is 437 g/mol. The first-order chi connectivity index (χ1) is 12.4. The summed E-state index contributed by atoms with van der Waals surface area (Å²) < 4.78 is 23.3. The summed E-state index contributed by atoms with van der Waals surface area (Å²) in [6.07, 6.45) is 5.81. The summed E-state index contributed by atoms with van der Waals surface area (Å²) >= 11 is 3.41. The van der Waals surface area contributed by atoms with Gasteiger partial charge in [0.1, 0.15) is 5.82 Å². The van der Waals surface area contributed by atoms with Crippen LogP contribution in [0.15, 0.2) is 52.4 Å². The van der Waals surface area contributed by atoms with Gasteiger partial charge in [0.25, 0.3) is 0 Å². The van der Waals surface area contributed by atoms with Gasteiger partial charge in [0.05, 0.1) is 15.7 Å². The van der Waals surface area contributed by atoms with Crippen molar-refractivity contribution in [3.05, 3.63) is 53.2 Å². The first-order valence-electron chi connectivity index (χ1n) is 7.55. The van der Waals surface area contributed by atoms with Gasteiger partial charge in [-0.3, -0.25) is 0 Å². The molecule has 1 aromatic carbocycles. The number of nitrogens with two attached hydrogens (primary N) is 1. The molecule has 2 heterocycles. The number of nitrogens with zero attached hydrogens (tertiary/aromatic N) is 3. The summed E-state index contributed by atoms with van der Waals surface area (Å²) in [6.45, 7) is 0.667. The van der Waals surface area contributed by atoms with Crippen LogP contribution in [0.25, 0.3) is 0 Å². The standard InChI is InChI=1S/C15H16BrN7O2S/c16-13-8-20-15(22-10-1-3-12(4-2-10)26(17,24)25)23-14(13)19-6-5-11-7-18-9-21-11/h1-4,7-9H,5-6H2,(H,18,21)(H2,17,24,25)(H2,19,20,22,23). The fourth-order valence-corrected chi connectivity index (χ4v) is 2.99. The van der Waals surface area contributed by atoms with E-state index < -0.39 is 10.0 Å². The van der Waals surface area contributed by atoms with Crippen molar-refractivity contribution in [3.8, 4) is 0 Å². The number of sulfonamides is 1. The molecule has 3 rings (SSSR count). The van der Waals surface area contributed by atoms with Crippen LogP contribution in [0.2, 0.25) is 0 Å². The second-order valence-electron chi connectivity index (χ2n) is 5.34. The lowest BCUT2D eigenvalue weighted by molar-refractivity contribution is 0.598. The Morgan fingerprint density at radius 2 is 1.96 bits per heavy atom. The molecule has 0 atom stereocenters. The number of anilines is 3. The second kappa shape index (κ2) is 7.81. The van der Waals surface area contributed by atoms with E-state index in [4.69, 9.17) is 5.14 Å². The molecule has 3 aromatic rings. The molecule has 0 amide bonds. The molecule has 0 unspecified atom stereocenters. The Hall–Kier alpha value is -2.50. The minimum absolute atomic E-state index is 0.0425. The van der Waals surface area contributed by atoms with E-state index >= 15 is 0 Å². The van der Waals surface area contributed by atoms with E-state index in [0.717, 1.165) is 16.6 Å². The Balaban J connectivity index is 1.66. The fourth-order valence-electron chi connectivity index (χ4n) is 2.15. The van der Waals surface area contributed by atoms with Crippen molar-refractivity contribution < 1.29 is 8.42 Å². The molecule has 11 heteroatoms. The van der Waals surface area contributed by atoms with Crippen LogP contribution < -0.4 is 15.8 Å². The smallest absolute Gasteiger partial charge is 0.238 e. The highest BCUT2D eigenvalue weighted by molar-refractivity contribution is 9.10. The van der Waals surface area contributed by atoms with E-state index in [1.807, 2.05) is 0 Å². The molecule has 0 aliphatic carbocycles. The maximum atomic E-state index is 11.3. The number of primary sulfonamides is 1. The Labute approximate surface area is 158 Å². The molecule has 0 saturated heterocycles. The van der Waals surface area contributed by atoms with E-state index in [1.165, 1.54) is 12.1 Å². The molecule has 0 spiro atoms. The largest absolute Gasteiger partial charge is 0.369 e. The summed E-state index contributed by atoms with van der Waals surface area (Å²) in [7, 11) is -3.72. The summed E-state index contributed by atoms with van der Waals surface area (Å²) in [4.78, 5) is 15.7. The number of imidazole rings is 1. The molecular weight excluding hydrogens is 422 g/mol. The summed E-state index contributed by atoms with van der Waals surface area (Å²) in [5.41, 5.74) is 1.67. The number of H-pyrrole nitrogens is 1. The SMILES string of the molecule is NS(=O)(=O)c1ccc(Nc2ncc(Br)c(NCCc3cnc[nH]3)n2)cc1. The Bertz CT molecular complexity index is 976. The van der Waals surface area contributed by atoms with Crippen molar-refractivity contribution >= 4 is 43.4 Å². The van der Waals surface area contributed by atoms with Gasteiger partial charge < -0.3 is 15.6 Å². The maximum Gasteiger partial charge on any atom is 0.238 e. The van der Waals surface area contributed by atoms with Gasteiger partial charge in [0.2, 0.25) is 16.0 Å². The Morgan fingerprint density at radius 3 is 2.62 bits per heavy atom. The van der Waals surface area contributed by atoms with Crippen molar-refractivity contribution in [1.82, 2.24) is 19.9 Å². The van der Waals surface area contributed by atoms with Crippen LogP contribution in [0.5, 0.6) is 0 Å². The molecule has 0 saturated carbocycles. The average Bonchev–Trinajstić information content (AvgIpc) is 3.11. The third-order valence-electron chi connectivity index (χ3n) is 3.42.